The minimum atomic E-state index is -1.14. The summed E-state index contributed by atoms with van der Waals surface area (Å²) < 4.78 is 29.6. The highest BCUT2D eigenvalue weighted by atomic mass is 79.9. The largest absolute Gasteiger partial charge is 0.461 e. The molecule has 5 rings (SSSR count). The number of benzene rings is 3. The first kappa shape index (κ1) is 36.0. The number of ether oxygens (including phenoxy) is 4. The van der Waals surface area contributed by atoms with E-state index in [0.29, 0.717) is 36.3 Å². The monoisotopic (exact) mass is 733 g/mol. The Morgan fingerprint density at radius 3 is 2.29 bits per heavy atom. The van der Waals surface area contributed by atoms with Gasteiger partial charge in [-0.15, -0.1) is 0 Å². The summed E-state index contributed by atoms with van der Waals surface area (Å²) in [6.07, 6.45) is -1.11. The molecule has 1 aromatic heterocycles. The van der Waals surface area contributed by atoms with Crippen molar-refractivity contribution in [3.8, 4) is 0 Å². The Bertz CT molecular complexity index is 1650. The number of rotatable bonds is 17. The molecule has 0 aliphatic carbocycles. The van der Waals surface area contributed by atoms with Gasteiger partial charge in [0.2, 0.25) is 5.91 Å². The smallest absolute Gasteiger partial charge is 0.417 e. The SMILES string of the molecule is CC(=O)OC(c1cc(Br)c(CCCOCC(CO)OCc2ccccc2)o1)C(Cc1ccccc1)C(=O)N1C(=O)OCC1c1ccccc1. The minimum Gasteiger partial charge on any atom is -0.461 e. The van der Waals surface area contributed by atoms with Crippen LogP contribution in [0.4, 0.5) is 4.79 Å². The first-order valence-electron chi connectivity index (χ1n) is 16.2. The quantitative estimate of drug-likeness (QED) is 0.0927. The van der Waals surface area contributed by atoms with E-state index in [1.54, 1.807) is 6.07 Å². The number of amides is 2. The standard InChI is InChI=1S/C38H40BrNO9/c1-26(42)48-36(35-21-32(39)34(49-35)18-11-19-45-24-30(22-41)46-23-28-14-7-3-8-15-28)31(20-27-12-5-2-6-13-27)37(43)40-33(25-47-38(40)44)29-16-9-4-10-17-29/h2-10,12-17,21,30-31,33,36,41H,11,18-20,22-25H2,1H3. The zero-order chi connectivity index (χ0) is 34.6. The Hall–Kier alpha value is -4.29. The van der Waals surface area contributed by atoms with Crippen molar-refractivity contribution in [1.29, 1.82) is 0 Å². The summed E-state index contributed by atoms with van der Waals surface area (Å²) in [7, 11) is 0. The van der Waals surface area contributed by atoms with Crippen molar-refractivity contribution in [2.45, 2.75) is 51.0 Å². The molecule has 10 nitrogen and oxygen atoms in total. The molecule has 11 heteroatoms. The van der Waals surface area contributed by atoms with Gasteiger partial charge in [-0.05, 0) is 51.5 Å². The zero-order valence-electron chi connectivity index (χ0n) is 27.2. The number of carbonyl (C=O) groups excluding carboxylic acids is 3. The van der Waals surface area contributed by atoms with E-state index in [0.717, 1.165) is 21.6 Å². The van der Waals surface area contributed by atoms with Crippen LogP contribution in [-0.2, 0) is 48.0 Å². The van der Waals surface area contributed by atoms with Crippen molar-refractivity contribution >= 4 is 33.9 Å². The minimum absolute atomic E-state index is 0.0155. The highest BCUT2D eigenvalue weighted by Crippen LogP contribution is 2.38. The van der Waals surface area contributed by atoms with E-state index in [-0.39, 0.29) is 32.0 Å². The molecule has 4 aromatic rings. The van der Waals surface area contributed by atoms with Gasteiger partial charge < -0.3 is 28.5 Å². The van der Waals surface area contributed by atoms with Crippen LogP contribution >= 0.6 is 15.9 Å². The molecule has 2 heterocycles. The molecule has 4 unspecified atom stereocenters. The lowest BCUT2D eigenvalue weighted by Crippen LogP contribution is -2.42. The Morgan fingerprint density at radius 1 is 0.980 bits per heavy atom. The molecule has 1 saturated heterocycles. The summed E-state index contributed by atoms with van der Waals surface area (Å²) in [5.41, 5.74) is 2.58. The fourth-order valence-electron chi connectivity index (χ4n) is 5.70. The molecule has 1 aliphatic rings. The predicted molar refractivity (Wildman–Crippen MR) is 183 cm³/mol. The maximum Gasteiger partial charge on any atom is 0.417 e. The van der Waals surface area contributed by atoms with E-state index in [1.807, 2.05) is 91.0 Å². The average Bonchev–Trinajstić information content (AvgIpc) is 3.69. The predicted octanol–water partition coefficient (Wildman–Crippen LogP) is 6.75. The van der Waals surface area contributed by atoms with Crippen LogP contribution < -0.4 is 0 Å². The number of carbonyl (C=O) groups is 3. The van der Waals surface area contributed by atoms with Gasteiger partial charge in [0.25, 0.3) is 0 Å². The van der Waals surface area contributed by atoms with Crippen molar-refractivity contribution < 1.29 is 42.9 Å². The third-order valence-electron chi connectivity index (χ3n) is 8.15. The number of hydrogen-bond acceptors (Lipinski definition) is 9. The second-order valence-corrected chi connectivity index (χ2v) is 12.6. The third-order valence-corrected chi connectivity index (χ3v) is 8.83. The number of aryl methyl sites for hydroxylation is 1. The summed E-state index contributed by atoms with van der Waals surface area (Å²) in [6, 6.07) is 29.3. The van der Waals surface area contributed by atoms with Gasteiger partial charge in [-0.2, -0.15) is 0 Å². The van der Waals surface area contributed by atoms with E-state index >= 15 is 0 Å². The van der Waals surface area contributed by atoms with Crippen LogP contribution in [0.2, 0.25) is 0 Å². The molecular formula is C38H40BrNO9. The van der Waals surface area contributed by atoms with Crippen LogP contribution in [0.5, 0.6) is 0 Å². The number of halogens is 1. The van der Waals surface area contributed by atoms with E-state index in [1.165, 1.54) is 6.92 Å². The summed E-state index contributed by atoms with van der Waals surface area (Å²) >= 11 is 3.57. The second kappa shape index (κ2) is 17.9. The lowest BCUT2D eigenvalue weighted by atomic mass is 9.90. The molecule has 1 N–H and O–H groups in total. The number of imide groups is 1. The summed E-state index contributed by atoms with van der Waals surface area (Å²) in [5.74, 6) is -1.30. The molecular weight excluding hydrogens is 694 g/mol. The van der Waals surface area contributed by atoms with Crippen molar-refractivity contribution in [2.24, 2.45) is 5.92 Å². The maximum absolute atomic E-state index is 14.4. The number of furan rings is 1. The van der Waals surface area contributed by atoms with E-state index < -0.39 is 42.1 Å². The molecule has 1 aliphatic heterocycles. The molecule has 0 spiro atoms. The van der Waals surface area contributed by atoms with Crippen molar-refractivity contribution in [2.75, 3.05) is 26.4 Å². The number of cyclic esters (lactones) is 1. The van der Waals surface area contributed by atoms with Crippen LogP contribution in [0, 0.1) is 5.92 Å². The highest BCUT2D eigenvalue weighted by molar-refractivity contribution is 9.10. The fourth-order valence-corrected chi connectivity index (χ4v) is 6.21. The molecule has 0 radical (unpaired) electrons. The second-order valence-electron chi connectivity index (χ2n) is 11.7. The van der Waals surface area contributed by atoms with Gasteiger partial charge >= 0.3 is 12.1 Å². The number of aliphatic hydroxyl groups excluding tert-OH is 1. The van der Waals surface area contributed by atoms with Crippen LogP contribution in [-0.4, -0.2) is 60.5 Å². The Kier molecular flexibility index (Phi) is 13.2. The van der Waals surface area contributed by atoms with Crippen molar-refractivity contribution in [1.82, 2.24) is 4.90 Å². The van der Waals surface area contributed by atoms with Crippen molar-refractivity contribution in [3.63, 3.8) is 0 Å². The topological polar surface area (TPSA) is 125 Å². The number of aliphatic hydroxyl groups is 1. The third kappa shape index (κ3) is 9.88. The Morgan fingerprint density at radius 2 is 1.63 bits per heavy atom. The molecule has 3 aromatic carbocycles. The van der Waals surface area contributed by atoms with Gasteiger partial charge in [-0.25, -0.2) is 9.69 Å². The lowest BCUT2D eigenvalue weighted by molar-refractivity contribution is -0.155. The van der Waals surface area contributed by atoms with Crippen molar-refractivity contribution in [3.05, 3.63) is 130 Å². The van der Waals surface area contributed by atoms with E-state index in [2.05, 4.69) is 15.9 Å². The molecule has 258 valence electrons. The molecule has 0 bridgehead atoms. The zero-order valence-corrected chi connectivity index (χ0v) is 28.8. The molecule has 1 fully saturated rings. The number of nitrogens with zero attached hydrogens (tertiary/aromatic N) is 1. The first-order chi connectivity index (χ1) is 23.8. The number of hydrogen-bond donors (Lipinski definition) is 1. The highest BCUT2D eigenvalue weighted by Gasteiger charge is 2.46. The first-order valence-corrected chi connectivity index (χ1v) is 17.0. The van der Waals surface area contributed by atoms with Crippen LogP contribution in [0.3, 0.4) is 0 Å². The van der Waals surface area contributed by atoms with E-state index in [4.69, 9.17) is 23.4 Å². The molecule has 49 heavy (non-hydrogen) atoms. The summed E-state index contributed by atoms with van der Waals surface area (Å²) in [5, 5.41) is 9.71. The van der Waals surface area contributed by atoms with Gasteiger partial charge in [0.1, 0.15) is 30.3 Å². The van der Waals surface area contributed by atoms with Gasteiger partial charge in [-0.3, -0.25) is 9.59 Å². The van der Waals surface area contributed by atoms with E-state index in [9.17, 15) is 19.5 Å². The van der Waals surface area contributed by atoms with Gasteiger partial charge in [0.15, 0.2) is 6.10 Å². The Balaban J connectivity index is 1.29. The van der Waals surface area contributed by atoms with Crippen LogP contribution in [0.1, 0.15) is 53.7 Å². The van der Waals surface area contributed by atoms with Gasteiger partial charge in [0.05, 0.1) is 30.2 Å². The molecule has 0 saturated carbocycles. The lowest BCUT2D eigenvalue weighted by Gasteiger charge is -2.29. The molecule has 4 atom stereocenters. The van der Waals surface area contributed by atoms with Gasteiger partial charge in [0, 0.05) is 20.0 Å². The molecule has 2 amide bonds. The summed E-state index contributed by atoms with van der Waals surface area (Å²) in [6.45, 7) is 2.11. The Labute approximate surface area is 294 Å². The maximum atomic E-state index is 14.4. The number of esters is 1. The normalized spacial score (nSPS) is 16.2. The van der Waals surface area contributed by atoms with Crippen LogP contribution in [0.15, 0.2) is 106 Å². The average molecular weight is 735 g/mol. The van der Waals surface area contributed by atoms with Gasteiger partial charge in [-0.1, -0.05) is 91.0 Å². The summed E-state index contributed by atoms with van der Waals surface area (Å²) in [4.78, 5) is 41.1. The fraction of sp³-hybridized carbons (Fsp3) is 0.342. The van der Waals surface area contributed by atoms with Crippen LogP contribution in [0.25, 0.3) is 0 Å².